The fourth-order valence-electron chi connectivity index (χ4n) is 1.86. The van der Waals surface area contributed by atoms with Crippen LogP contribution in [0, 0.1) is 20.8 Å². The third-order valence-electron chi connectivity index (χ3n) is 3.18. The average Bonchev–Trinajstić information content (AvgIpc) is 2.36. The molecule has 2 aromatic rings. The van der Waals surface area contributed by atoms with Crippen LogP contribution in [0.15, 0.2) is 36.4 Å². The van der Waals surface area contributed by atoms with Crippen LogP contribution in [-0.4, -0.2) is 0 Å². The van der Waals surface area contributed by atoms with E-state index in [2.05, 4.69) is 32.0 Å². The van der Waals surface area contributed by atoms with Gasteiger partial charge in [0.15, 0.2) is 0 Å². The summed E-state index contributed by atoms with van der Waals surface area (Å²) in [6.07, 6.45) is 0. The zero-order valence-electron chi connectivity index (χ0n) is 11.2. The number of hydrogen-bond acceptors (Lipinski definition) is 2. The summed E-state index contributed by atoms with van der Waals surface area (Å²) >= 11 is 0. The van der Waals surface area contributed by atoms with Crippen molar-refractivity contribution in [1.29, 1.82) is 0 Å². The third kappa shape index (κ3) is 2.71. The first-order chi connectivity index (χ1) is 8.60. The molecule has 0 aromatic heterocycles. The number of hydrogen-bond donors (Lipinski definition) is 1. The number of ether oxygens (including phenoxy) is 1. The highest BCUT2D eigenvalue weighted by Gasteiger charge is 2.03. The van der Waals surface area contributed by atoms with Crippen LogP contribution in [0.4, 0.5) is 0 Å². The summed E-state index contributed by atoms with van der Waals surface area (Å²) in [6.45, 7) is 6.78. The molecule has 0 radical (unpaired) electrons. The molecule has 2 nitrogen and oxygen atoms in total. The average molecular weight is 241 g/mol. The molecule has 2 heteroatoms. The molecule has 0 heterocycles. The Balaban J connectivity index is 2.25. The summed E-state index contributed by atoms with van der Waals surface area (Å²) in [7, 11) is 0. The van der Waals surface area contributed by atoms with E-state index in [1.165, 1.54) is 11.1 Å². The van der Waals surface area contributed by atoms with Crippen LogP contribution in [-0.2, 0) is 6.54 Å². The van der Waals surface area contributed by atoms with Crippen LogP contribution in [0.3, 0.4) is 0 Å². The van der Waals surface area contributed by atoms with Crippen molar-refractivity contribution < 1.29 is 4.74 Å². The molecule has 0 amide bonds. The number of benzene rings is 2. The van der Waals surface area contributed by atoms with Crippen molar-refractivity contribution in [1.82, 2.24) is 0 Å². The van der Waals surface area contributed by atoms with Crippen molar-refractivity contribution in [2.24, 2.45) is 5.73 Å². The van der Waals surface area contributed by atoms with Gasteiger partial charge in [-0.15, -0.1) is 0 Å². The summed E-state index contributed by atoms with van der Waals surface area (Å²) in [5.41, 5.74) is 10.4. The lowest BCUT2D eigenvalue weighted by atomic mass is 10.1. The van der Waals surface area contributed by atoms with Crippen LogP contribution in [0.1, 0.15) is 22.3 Å². The maximum absolute atomic E-state index is 5.90. The smallest absolute Gasteiger partial charge is 0.130 e. The monoisotopic (exact) mass is 241 g/mol. The maximum atomic E-state index is 5.90. The Labute approximate surface area is 108 Å². The van der Waals surface area contributed by atoms with Gasteiger partial charge in [-0.05, 0) is 61.2 Å². The molecule has 2 rings (SSSR count). The molecule has 0 saturated carbocycles. The van der Waals surface area contributed by atoms with Gasteiger partial charge in [0.2, 0.25) is 0 Å². The topological polar surface area (TPSA) is 35.2 Å². The third-order valence-corrected chi connectivity index (χ3v) is 3.18. The minimum atomic E-state index is 0.560. The highest BCUT2D eigenvalue weighted by molar-refractivity contribution is 5.41. The zero-order valence-corrected chi connectivity index (χ0v) is 11.2. The first-order valence-corrected chi connectivity index (χ1v) is 6.15. The summed E-state index contributed by atoms with van der Waals surface area (Å²) in [5, 5.41) is 0. The van der Waals surface area contributed by atoms with Gasteiger partial charge in [-0.2, -0.15) is 0 Å². The van der Waals surface area contributed by atoms with Crippen molar-refractivity contribution in [2.45, 2.75) is 27.3 Å². The van der Waals surface area contributed by atoms with E-state index in [9.17, 15) is 0 Å². The molecule has 0 spiro atoms. The van der Waals surface area contributed by atoms with E-state index in [1.54, 1.807) is 0 Å². The summed E-state index contributed by atoms with van der Waals surface area (Å²) < 4.78 is 5.90. The van der Waals surface area contributed by atoms with Gasteiger partial charge in [-0.25, -0.2) is 0 Å². The highest BCUT2D eigenvalue weighted by Crippen LogP contribution is 2.27. The lowest BCUT2D eigenvalue weighted by molar-refractivity contribution is 0.478. The van der Waals surface area contributed by atoms with E-state index in [-0.39, 0.29) is 0 Å². The van der Waals surface area contributed by atoms with Gasteiger partial charge in [-0.3, -0.25) is 0 Å². The predicted octanol–water partition coefficient (Wildman–Crippen LogP) is 3.86. The Hall–Kier alpha value is -1.80. The van der Waals surface area contributed by atoms with Gasteiger partial charge in [0, 0.05) is 6.54 Å². The van der Waals surface area contributed by atoms with E-state index in [0.717, 1.165) is 22.6 Å². The lowest BCUT2D eigenvalue weighted by Gasteiger charge is -2.11. The first-order valence-electron chi connectivity index (χ1n) is 6.15. The van der Waals surface area contributed by atoms with Crippen LogP contribution in [0.2, 0.25) is 0 Å². The summed E-state index contributed by atoms with van der Waals surface area (Å²) in [5.74, 6) is 1.76. The Morgan fingerprint density at radius 1 is 0.889 bits per heavy atom. The fraction of sp³-hybridized carbons (Fsp3) is 0.250. The molecule has 18 heavy (non-hydrogen) atoms. The molecule has 94 valence electrons. The van der Waals surface area contributed by atoms with Crippen LogP contribution in [0.25, 0.3) is 0 Å². The predicted molar refractivity (Wildman–Crippen MR) is 75.1 cm³/mol. The lowest BCUT2D eigenvalue weighted by Crippen LogP contribution is -1.97. The highest BCUT2D eigenvalue weighted by atomic mass is 16.5. The second-order valence-corrected chi connectivity index (χ2v) is 4.65. The van der Waals surface area contributed by atoms with Gasteiger partial charge < -0.3 is 10.5 Å². The molecule has 0 unspecified atom stereocenters. The maximum Gasteiger partial charge on any atom is 0.130 e. The quantitative estimate of drug-likeness (QED) is 0.885. The van der Waals surface area contributed by atoms with Crippen molar-refractivity contribution in [3.05, 3.63) is 58.7 Å². The van der Waals surface area contributed by atoms with E-state index >= 15 is 0 Å². The fourth-order valence-corrected chi connectivity index (χ4v) is 1.86. The minimum absolute atomic E-state index is 0.560. The summed E-state index contributed by atoms with van der Waals surface area (Å²) in [6, 6.07) is 12.2. The normalized spacial score (nSPS) is 10.4. The molecule has 0 aliphatic carbocycles. The molecule has 2 aromatic carbocycles. The SMILES string of the molecule is Cc1ccc(Oc2ccc(CN)cc2C)cc1C. The van der Waals surface area contributed by atoms with Crippen LogP contribution < -0.4 is 10.5 Å². The van der Waals surface area contributed by atoms with Crippen LogP contribution >= 0.6 is 0 Å². The van der Waals surface area contributed by atoms with E-state index in [0.29, 0.717) is 6.54 Å². The van der Waals surface area contributed by atoms with E-state index in [1.807, 2.05) is 25.1 Å². The molecule has 0 aliphatic rings. The van der Waals surface area contributed by atoms with Gasteiger partial charge in [-0.1, -0.05) is 18.2 Å². The molecule has 0 aliphatic heterocycles. The van der Waals surface area contributed by atoms with E-state index < -0.39 is 0 Å². The van der Waals surface area contributed by atoms with Crippen molar-refractivity contribution in [2.75, 3.05) is 0 Å². The largest absolute Gasteiger partial charge is 0.457 e. The Kier molecular flexibility index (Phi) is 3.68. The number of aryl methyl sites for hydroxylation is 3. The van der Waals surface area contributed by atoms with E-state index in [4.69, 9.17) is 10.5 Å². The molecule has 0 saturated heterocycles. The molecule has 0 atom stereocenters. The number of rotatable bonds is 3. The van der Waals surface area contributed by atoms with Crippen molar-refractivity contribution in [3.8, 4) is 11.5 Å². The molecule has 2 N–H and O–H groups in total. The molecular formula is C16H19NO. The Morgan fingerprint density at radius 3 is 2.28 bits per heavy atom. The number of nitrogens with two attached hydrogens (primary N) is 1. The van der Waals surface area contributed by atoms with Crippen molar-refractivity contribution in [3.63, 3.8) is 0 Å². The zero-order chi connectivity index (χ0) is 13.1. The Morgan fingerprint density at radius 2 is 1.67 bits per heavy atom. The second kappa shape index (κ2) is 5.23. The standard InChI is InChI=1S/C16H19NO/c1-11-4-6-15(9-12(11)2)18-16-7-5-14(10-17)8-13(16)3/h4-9H,10,17H2,1-3H3. The minimum Gasteiger partial charge on any atom is -0.457 e. The molecule has 0 fully saturated rings. The molecular weight excluding hydrogens is 222 g/mol. The van der Waals surface area contributed by atoms with Crippen molar-refractivity contribution >= 4 is 0 Å². The van der Waals surface area contributed by atoms with Gasteiger partial charge in [0.1, 0.15) is 11.5 Å². The first kappa shape index (κ1) is 12.7. The Bertz CT molecular complexity index is 561. The van der Waals surface area contributed by atoms with Gasteiger partial charge in [0.25, 0.3) is 0 Å². The second-order valence-electron chi connectivity index (χ2n) is 4.65. The summed E-state index contributed by atoms with van der Waals surface area (Å²) in [4.78, 5) is 0. The van der Waals surface area contributed by atoms with Gasteiger partial charge in [0.05, 0.1) is 0 Å². The molecule has 0 bridgehead atoms. The van der Waals surface area contributed by atoms with Gasteiger partial charge >= 0.3 is 0 Å². The van der Waals surface area contributed by atoms with Crippen LogP contribution in [0.5, 0.6) is 11.5 Å².